The summed E-state index contributed by atoms with van der Waals surface area (Å²) in [4.78, 5) is 11.0. The Morgan fingerprint density at radius 2 is 2.00 bits per heavy atom. The van der Waals surface area contributed by atoms with Crippen LogP contribution in [0, 0.1) is 0 Å². The van der Waals surface area contributed by atoms with Gasteiger partial charge in [-0.1, -0.05) is 6.07 Å². The molecule has 0 saturated heterocycles. The van der Waals surface area contributed by atoms with E-state index in [0.717, 1.165) is 0 Å². The number of rotatable bonds is 4. The third kappa shape index (κ3) is 2.47. The first-order valence-corrected chi connectivity index (χ1v) is 7.05. The van der Waals surface area contributed by atoms with Gasteiger partial charge in [0.25, 0.3) is 0 Å². The Morgan fingerprint density at radius 3 is 2.65 bits per heavy atom. The largest absolute Gasteiger partial charge is 0.504 e. The number of methoxy groups -OCH3 is 1. The van der Waals surface area contributed by atoms with Crippen LogP contribution in [0.5, 0.6) is 23.0 Å². The summed E-state index contributed by atoms with van der Waals surface area (Å²) < 4.78 is 10.9. The van der Waals surface area contributed by atoms with Gasteiger partial charge in [0.2, 0.25) is 0 Å². The van der Waals surface area contributed by atoms with Crippen LogP contribution in [0.3, 0.4) is 0 Å². The highest BCUT2D eigenvalue weighted by atomic mass is 16.5. The SMILES string of the molecule is COc1cc([C@@H]2Oc3c(O)cc(C=O)cc3[C@H]2CO)ccc1O. The van der Waals surface area contributed by atoms with E-state index in [2.05, 4.69) is 0 Å². The highest BCUT2D eigenvalue weighted by Crippen LogP contribution is 2.50. The smallest absolute Gasteiger partial charge is 0.165 e. The van der Waals surface area contributed by atoms with Crippen LogP contribution in [-0.2, 0) is 0 Å². The second kappa shape index (κ2) is 5.81. The molecule has 3 N–H and O–H groups in total. The van der Waals surface area contributed by atoms with Gasteiger partial charge in [-0.05, 0) is 29.8 Å². The molecule has 1 heterocycles. The molecule has 23 heavy (non-hydrogen) atoms. The highest BCUT2D eigenvalue weighted by Gasteiger charge is 2.37. The molecule has 0 radical (unpaired) electrons. The highest BCUT2D eigenvalue weighted by molar-refractivity contribution is 5.78. The number of aliphatic hydroxyl groups is 1. The van der Waals surface area contributed by atoms with Gasteiger partial charge in [-0.15, -0.1) is 0 Å². The Bertz CT molecular complexity index is 755. The third-order valence-electron chi connectivity index (χ3n) is 4.00. The molecule has 1 aliphatic rings. The van der Waals surface area contributed by atoms with Crippen molar-refractivity contribution in [2.24, 2.45) is 0 Å². The molecule has 0 amide bonds. The molecule has 2 aromatic carbocycles. The molecule has 0 aliphatic carbocycles. The van der Waals surface area contributed by atoms with Crippen molar-refractivity contribution in [3.63, 3.8) is 0 Å². The maximum Gasteiger partial charge on any atom is 0.165 e. The number of hydrogen-bond donors (Lipinski definition) is 3. The number of benzene rings is 2. The zero-order valence-corrected chi connectivity index (χ0v) is 12.4. The number of ether oxygens (including phenoxy) is 2. The van der Waals surface area contributed by atoms with E-state index >= 15 is 0 Å². The number of fused-ring (bicyclic) bond motifs is 1. The summed E-state index contributed by atoms with van der Waals surface area (Å²) in [6.45, 7) is -0.220. The van der Waals surface area contributed by atoms with Crippen LogP contribution in [0.4, 0.5) is 0 Å². The van der Waals surface area contributed by atoms with Gasteiger partial charge in [-0.25, -0.2) is 0 Å². The third-order valence-corrected chi connectivity index (χ3v) is 4.00. The van der Waals surface area contributed by atoms with Crippen LogP contribution in [-0.4, -0.2) is 35.3 Å². The van der Waals surface area contributed by atoms with E-state index in [-0.39, 0.29) is 29.6 Å². The molecular weight excluding hydrogens is 300 g/mol. The van der Waals surface area contributed by atoms with E-state index in [0.29, 0.717) is 23.0 Å². The second-order valence-electron chi connectivity index (χ2n) is 5.34. The van der Waals surface area contributed by atoms with Gasteiger partial charge < -0.3 is 24.8 Å². The van der Waals surface area contributed by atoms with E-state index in [1.54, 1.807) is 18.2 Å². The Hall–Kier alpha value is -2.73. The van der Waals surface area contributed by atoms with Gasteiger partial charge >= 0.3 is 0 Å². The van der Waals surface area contributed by atoms with Crippen LogP contribution in [0.15, 0.2) is 30.3 Å². The lowest BCUT2D eigenvalue weighted by molar-refractivity contribution is 0.112. The lowest BCUT2D eigenvalue weighted by Crippen LogP contribution is -2.13. The molecule has 1 aliphatic heterocycles. The Labute approximate surface area is 132 Å². The fourth-order valence-electron chi connectivity index (χ4n) is 2.87. The fraction of sp³-hybridized carbons (Fsp3) is 0.235. The van der Waals surface area contributed by atoms with Crippen LogP contribution in [0.25, 0.3) is 0 Å². The van der Waals surface area contributed by atoms with Gasteiger partial charge in [-0.2, -0.15) is 0 Å². The monoisotopic (exact) mass is 316 g/mol. The molecule has 3 rings (SSSR count). The molecule has 2 aromatic rings. The number of aldehydes is 1. The first kappa shape index (κ1) is 15.2. The lowest BCUT2D eigenvalue weighted by atomic mass is 9.90. The number of aliphatic hydroxyl groups excluding tert-OH is 1. The molecule has 0 fully saturated rings. The number of carbonyl (C=O) groups is 1. The van der Waals surface area contributed by atoms with E-state index in [4.69, 9.17) is 9.47 Å². The number of phenolic OH excluding ortho intramolecular Hbond substituents is 2. The van der Waals surface area contributed by atoms with Crippen molar-refractivity contribution in [3.8, 4) is 23.0 Å². The van der Waals surface area contributed by atoms with E-state index in [1.807, 2.05) is 0 Å². The summed E-state index contributed by atoms with van der Waals surface area (Å²) in [5.41, 5.74) is 1.57. The van der Waals surface area contributed by atoms with Crippen molar-refractivity contribution in [3.05, 3.63) is 47.0 Å². The number of carbonyl (C=O) groups excluding carboxylic acids is 1. The minimum atomic E-state index is -0.558. The fourth-order valence-corrected chi connectivity index (χ4v) is 2.87. The van der Waals surface area contributed by atoms with Crippen molar-refractivity contribution in [2.45, 2.75) is 12.0 Å². The predicted octanol–water partition coefficient (Wildman–Crippen LogP) is 2.13. The molecule has 0 saturated carbocycles. The van der Waals surface area contributed by atoms with Crippen molar-refractivity contribution in [1.82, 2.24) is 0 Å². The van der Waals surface area contributed by atoms with Gasteiger partial charge in [-0.3, -0.25) is 4.79 Å². The molecule has 6 nitrogen and oxygen atoms in total. The minimum Gasteiger partial charge on any atom is -0.504 e. The average molecular weight is 316 g/mol. The van der Waals surface area contributed by atoms with Gasteiger partial charge in [0.05, 0.1) is 19.6 Å². The zero-order chi connectivity index (χ0) is 16.6. The Kier molecular flexibility index (Phi) is 3.83. The lowest BCUT2D eigenvalue weighted by Gasteiger charge is -2.18. The summed E-state index contributed by atoms with van der Waals surface area (Å²) in [5.74, 6) is -0.0389. The minimum absolute atomic E-state index is 0.00148. The van der Waals surface area contributed by atoms with Crippen molar-refractivity contribution in [1.29, 1.82) is 0 Å². The van der Waals surface area contributed by atoms with Gasteiger partial charge in [0.1, 0.15) is 12.4 Å². The summed E-state index contributed by atoms with van der Waals surface area (Å²) in [6, 6.07) is 7.67. The van der Waals surface area contributed by atoms with Crippen LogP contribution in [0.2, 0.25) is 0 Å². The van der Waals surface area contributed by atoms with Gasteiger partial charge in [0, 0.05) is 11.1 Å². The topological polar surface area (TPSA) is 96.2 Å². The predicted molar refractivity (Wildman–Crippen MR) is 81.3 cm³/mol. The molecular formula is C17H16O6. The summed E-state index contributed by atoms with van der Waals surface area (Å²) in [6.07, 6.45) is 0.0722. The van der Waals surface area contributed by atoms with E-state index in [9.17, 15) is 20.1 Å². The number of aromatic hydroxyl groups is 2. The van der Waals surface area contributed by atoms with Crippen molar-refractivity contribution < 1.29 is 29.6 Å². The Balaban J connectivity index is 2.06. The maximum absolute atomic E-state index is 11.0. The number of hydrogen-bond acceptors (Lipinski definition) is 6. The van der Waals surface area contributed by atoms with Gasteiger partial charge in [0.15, 0.2) is 23.0 Å². The molecule has 2 atom stereocenters. The second-order valence-corrected chi connectivity index (χ2v) is 5.34. The molecule has 0 bridgehead atoms. The molecule has 6 heteroatoms. The molecule has 0 spiro atoms. The van der Waals surface area contributed by atoms with Crippen molar-refractivity contribution in [2.75, 3.05) is 13.7 Å². The standard InChI is InChI=1S/C17H16O6/c1-22-15-6-10(2-3-13(15)20)16-12(8-19)11-4-9(7-18)5-14(21)17(11)23-16/h2-7,12,16,19-21H,8H2,1H3/t12-,16+/m1/s1. The first-order chi connectivity index (χ1) is 11.1. The zero-order valence-electron chi connectivity index (χ0n) is 12.4. The number of phenols is 2. The van der Waals surface area contributed by atoms with E-state index < -0.39 is 12.0 Å². The molecule has 120 valence electrons. The van der Waals surface area contributed by atoms with Crippen LogP contribution < -0.4 is 9.47 Å². The van der Waals surface area contributed by atoms with Crippen molar-refractivity contribution >= 4 is 6.29 Å². The Morgan fingerprint density at radius 1 is 1.22 bits per heavy atom. The van der Waals surface area contributed by atoms with E-state index in [1.165, 1.54) is 19.2 Å². The summed E-state index contributed by atoms with van der Waals surface area (Å²) in [7, 11) is 1.44. The summed E-state index contributed by atoms with van der Waals surface area (Å²) in [5, 5.41) is 29.5. The maximum atomic E-state index is 11.0. The normalized spacial score (nSPS) is 19.0. The summed E-state index contributed by atoms with van der Waals surface area (Å²) >= 11 is 0. The average Bonchev–Trinajstić information content (AvgIpc) is 2.94. The molecule has 0 unspecified atom stereocenters. The van der Waals surface area contributed by atoms with Crippen LogP contribution in [0.1, 0.15) is 33.5 Å². The first-order valence-electron chi connectivity index (χ1n) is 7.05. The molecule has 0 aromatic heterocycles. The van der Waals surface area contributed by atoms with Crippen LogP contribution >= 0.6 is 0 Å². The quantitative estimate of drug-likeness (QED) is 0.748.